The van der Waals surface area contributed by atoms with Crippen molar-refractivity contribution < 1.29 is 19.0 Å². The lowest BCUT2D eigenvalue weighted by Gasteiger charge is -2.07. The van der Waals surface area contributed by atoms with Gasteiger partial charge in [-0.05, 0) is 19.3 Å². The van der Waals surface area contributed by atoms with Crippen LogP contribution in [0.5, 0.6) is 0 Å². The minimum Gasteiger partial charge on any atom is -0.466 e. The van der Waals surface area contributed by atoms with Gasteiger partial charge in [0.2, 0.25) is 0 Å². The number of unbranched alkanes of at least 4 members (excludes halogenated alkanes) is 10. The van der Waals surface area contributed by atoms with Crippen molar-refractivity contribution in [3.8, 4) is 0 Å². The zero-order valence-electron chi connectivity index (χ0n) is 17.6. The van der Waals surface area contributed by atoms with Crippen molar-refractivity contribution >= 4 is 5.97 Å². The molecule has 0 radical (unpaired) electrons. The summed E-state index contributed by atoms with van der Waals surface area (Å²) in [4.78, 5) is 11.5. The lowest BCUT2D eigenvalue weighted by molar-refractivity contribution is -0.144. The summed E-state index contributed by atoms with van der Waals surface area (Å²) in [5.74, 6) is -0.101. The molecule has 0 unspecified atom stereocenters. The zero-order chi connectivity index (χ0) is 19.1. The van der Waals surface area contributed by atoms with E-state index >= 15 is 0 Å². The van der Waals surface area contributed by atoms with Gasteiger partial charge in [0, 0.05) is 19.6 Å². The maximum absolute atomic E-state index is 11.5. The minimum absolute atomic E-state index is 0.101. The van der Waals surface area contributed by atoms with Crippen molar-refractivity contribution in [2.45, 2.75) is 104 Å². The summed E-state index contributed by atoms with van der Waals surface area (Å²) in [6, 6.07) is 0. The van der Waals surface area contributed by atoms with E-state index in [0.29, 0.717) is 32.8 Å². The van der Waals surface area contributed by atoms with Crippen molar-refractivity contribution in [2.24, 2.45) is 0 Å². The Morgan fingerprint density at radius 3 is 1.62 bits per heavy atom. The molecule has 0 N–H and O–H groups in total. The topological polar surface area (TPSA) is 44.8 Å². The first kappa shape index (κ1) is 25.4. The van der Waals surface area contributed by atoms with Crippen molar-refractivity contribution in [2.75, 3.05) is 33.0 Å². The van der Waals surface area contributed by atoms with Crippen molar-refractivity contribution in [1.29, 1.82) is 0 Å². The average molecular weight is 373 g/mol. The van der Waals surface area contributed by atoms with Gasteiger partial charge >= 0.3 is 5.97 Å². The molecule has 0 saturated carbocycles. The van der Waals surface area contributed by atoms with Gasteiger partial charge in [0.05, 0.1) is 19.8 Å². The van der Waals surface area contributed by atoms with Crippen LogP contribution in [0.2, 0.25) is 0 Å². The van der Waals surface area contributed by atoms with E-state index in [-0.39, 0.29) is 5.97 Å². The second-order valence-electron chi connectivity index (χ2n) is 7.08. The third-order valence-corrected chi connectivity index (χ3v) is 4.44. The quantitative estimate of drug-likeness (QED) is 0.181. The summed E-state index contributed by atoms with van der Waals surface area (Å²) >= 11 is 0. The highest BCUT2D eigenvalue weighted by atomic mass is 16.5. The zero-order valence-corrected chi connectivity index (χ0v) is 17.6. The second-order valence-corrected chi connectivity index (χ2v) is 7.08. The van der Waals surface area contributed by atoms with Crippen LogP contribution in [-0.4, -0.2) is 39.0 Å². The molecule has 0 aliphatic carbocycles. The molecule has 0 rings (SSSR count). The number of hydrogen-bond donors (Lipinski definition) is 0. The predicted octanol–water partition coefficient (Wildman–Crippen LogP) is 6.06. The average Bonchev–Trinajstić information content (AvgIpc) is 2.64. The van der Waals surface area contributed by atoms with Gasteiger partial charge in [-0.3, -0.25) is 4.79 Å². The highest BCUT2D eigenvalue weighted by Crippen LogP contribution is 2.08. The summed E-state index contributed by atoms with van der Waals surface area (Å²) < 4.78 is 16.3. The maximum Gasteiger partial charge on any atom is 0.305 e. The molecular weight excluding hydrogens is 328 g/mol. The van der Waals surface area contributed by atoms with Crippen LogP contribution < -0.4 is 0 Å². The summed E-state index contributed by atoms with van der Waals surface area (Å²) in [6.07, 6.45) is 16.3. The standard InChI is InChI=1S/C22H44O4/c1-3-5-7-9-10-11-12-13-17-24-20-21-25-18-15-16-22(23)26-19-14-8-6-4-2/h3-21H2,1-2H3. The number of carbonyl (C=O) groups is 1. The van der Waals surface area contributed by atoms with Gasteiger partial charge in [-0.25, -0.2) is 0 Å². The van der Waals surface area contributed by atoms with Crippen LogP contribution in [0.15, 0.2) is 0 Å². The van der Waals surface area contributed by atoms with Gasteiger partial charge in [0.25, 0.3) is 0 Å². The molecule has 0 aromatic heterocycles. The first-order chi connectivity index (χ1) is 12.8. The Hall–Kier alpha value is -0.610. The molecule has 0 aliphatic rings. The second kappa shape index (κ2) is 22.4. The summed E-state index contributed by atoms with van der Waals surface area (Å²) in [6.45, 7) is 7.70. The van der Waals surface area contributed by atoms with Gasteiger partial charge in [-0.2, -0.15) is 0 Å². The Morgan fingerprint density at radius 1 is 0.538 bits per heavy atom. The van der Waals surface area contributed by atoms with Crippen LogP contribution in [-0.2, 0) is 19.0 Å². The lowest BCUT2D eigenvalue weighted by atomic mass is 10.1. The molecule has 0 aliphatic heterocycles. The molecule has 0 bridgehead atoms. The maximum atomic E-state index is 11.5. The van der Waals surface area contributed by atoms with Crippen LogP contribution in [0.3, 0.4) is 0 Å². The fraction of sp³-hybridized carbons (Fsp3) is 0.955. The van der Waals surface area contributed by atoms with E-state index in [1.54, 1.807) is 0 Å². The van der Waals surface area contributed by atoms with E-state index in [2.05, 4.69) is 13.8 Å². The van der Waals surface area contributed by atoms with E-state index in [9.17, 15) is 4.79 Å². The fourth-order valence-corrected chi connectivity index (χ4v) is 2.77. The summed E-state index contributed by atoms with van der Waals surface area (Å²) in [5, 5.41) is 0. The molecule has 0 heterocycles. The van der Waals surface area contributed by atoms with Gasteiger partial charge in [0.1, 0.15) is 0 Å². The van der Waals surface area contributed by atoms with Gasteiger partial charge in [-0.1, -0.05) is 78.1 Å². The highest BCUT2D eigenvalue weighted by Gasteiger charge is 2.02. The molecule has 4 heteroatoms. The SMILES string of the molecule is CCCCCCCCCCOCCOCCCC(=O)OCCCCCC. The molecule has 0 aromatic carbocycles. The number of rotatable bonds is 21. The molecule has 0 amide bonds. The third-order valence-electron chi connectivity index (χ3n) is 4.44. The molecule has 0 aromatic rings. The van der Waals surface area contributed by atoms with E-state index in [1.807, 2.05) is 0 Å². The minimum atomic E-state index is -0.101. The Balaban J connectivity index is 3.09. The fourth-order valence-electron chi connectivity index (χ4n) is 2.77. The summed E-state index contributed by atoms with van der Waals surface area (Å²) in [5.41, 5.74) is 0. The lowest BCUT2D eigenvalue weighted by Crippen LogP contribution is -2.09. The number of ether oxygens (including phenoxy) is 3. The van der Waals surface area contributed by atoms with Crippen LogP contribution >= 0.6 is 0 Å². The number of esters is 1. The Labute approximate surface area is 162 Å². The largest absolute Gasteiger partial charge is 0.466 e. The van der Waals surface area contributed by atoms with Crippen molar-refractivity contribution in [1.82, 2.24) is 0 Å². The Kier molecular flexibility index (Phi) is 21.9. The first-order valence-electron chi connectivity index (χ1n) is 11.1. The third kappa shape index (κ3) is 21.4. The van der Waals surface area contributed by atoms with E-state index in [0.717, 1.165) is 32.3 Å². The Morgan fingerprint density at radius 2 is 1.00 bits per heavy atom. The van der Waals surface area contributed by atoms with Gasteiger partial charge in [-0.15, -0.1) is 0 Å². The smallest absolute Gasteiger partial charge is 0.305 e. The van der Waals surface area contributed by atoms with Crippen molar-refractivity contribution in [3.05, 3.63) is 0 Å². The molecule has 0 saturated heterocycles. The van der Waals surface area contributed by atoms with Crippen LogP contribution in [0.1, 0.15) is 104 Å². The molecular formula is C22H44O4. The van der Waals surface area contributed by atoms with Crippen LogP contribution in [0.4, 0.5) is 0 Å². The Bertz CT molecular complexity index is 281. The number of carbonyl (C=O) groups excluding carboxylic acids is 1. The monoisotopic (exact) mass is 372 g/mol. The highest BCUT2D eigenvalue weighted by molar-refractivity contribution is 5.69. The van der Waals surface area contributed by atoms with Gasteiger partial charge < -0.3 is 14.2 Å². The van der Waals surface area contributed by atoms with E-state index < -0.39 is 0 Å². The molecule has 0 fully saturated rings. The summed E-state index contributed by atoms with van der Waals surface area (Å²) in [7, 11) is 0. The van der Waals surface area contributed by atoms with E-state index in [1.165, 1.54) is 57.8 Å². The van der Waals surface area contributed by atoms with Crippen LogP contribution in [0.25, 0.3) is 0 Å². The molecule has 156 valence electrons. The molecule has 26 heavy (non-hydrogen) atoms. The van der Waals surface area contributed by atoms with Crippen LogP contribution in [0, 0.1) is 0 Å². The van der Waals surface area contributed by atoms with Crippen molar-refractivity contribution in [3.63, 3.8) is 0 Å². The number of hydrogen-bond acceptors (Lipinski definition) is 4. The van der Waals surface area contributed by atoms with E-state index in [4.69, 9.17) is 14.2 Å². The van der Waals surface area contributed by atoms with Gasteiger partial charge in [0.15, 0.2) is 0 Å². The first-order valence-corrected chi connectivity index (χ1v) is 11.1. The molecule has 0 spiro atoms. The molecule has 4 nitrogen and oxygen atoms in total. The normalized spacial score (nSPS) is 11.0. The molecule has 0 atom stereocenters. The predicted molar refractivity (Wildman–Crippen MR) is 109 cm³/mol.